The third kappa shape index (κ3) is 5.92. The van der Waals surface area contributed by atoms with Crippen LogP contribution in [0.4, 0.5) is 5.69 Å². The van der Waals surface area contributed by atoms with Crippen molar-refractivity contribution in [3.8, 4) is 5.69 Å². The number of nitrogens with zero attached hydrogens (tertiary/aromatic N) is 2. The van der Waals surface area contributed by atoms with E-state index in [9.17, 15) is 9.59 Å². The Hall–Kier alpha value is -2.68. The zero-order valence-electron chi connectivity index (χ0n) is 14.5. The molecule has 0 spiro atoms. The fourth-order valence-electron chi connectivity index (χ4n) is 2.44. The molecule has 1 heterocycles. The Kier molecular flexibility index (Phi) is 6.59. The molecule has 0 saturated carbocycles. The van der Waals surface area contributed by atoms with Gasteiger partial charge < -0.3 is 10.1 Å². The van der Waals surface area contributed by atoms with Crippen molar-refractivity contribution in [2.75, 3.05) is 11.9 Å². The van der Waals surface area contributed by atoms with Crippen molar-refractivity contribution in [1.82, 2.24) is 9.78 Å². The molecule has 7 heteroatoms. The minimum atomic E-state index is -0.416. The molecular formula is C20H18IN3O3. The normalized spacial score (nSPS) is 10.4. The molecule has 6 nitrogen and oxygen atoms in total. The van der Waals surface area contributed by atoms with Crippen molar-refractivity contribution in [3.05, 3.63) is 76.1 Å². The second kappa shape index (κ2) is 9.31. The first-order valence-electron chi connectivity index (χ1n) is 8.40. The van der Waals surface area contributed by atoms with Crippen LogP contribution >= 0.6 is 22.6 Å². The first kappa shape index (κ1) is 19.1. The Morgan fingerprint density at radius 1 is 1.11 bits per heavy atom. The molecule has 0 unspecified atom stereocenters. The number of halogens is 1. The van der Waals surface area contributed by atoms with Crippen LogP contribution in [0.3, 0.4) is 0 Å². The molecule has 3 aromatic rings. The van der Waals surface area contributed by atoms with Gasteiger partial charge in [-0.05, 0) is 64.9 Å². The Bertz CT molecular complexity index is 925. The summed E-state index contributed by atoms with van der Waals surface area (Å²) < 4.78 is 7.81. The fourth-order valence-corrected chi connectivity index (χ4v) is 2.98. The molecule has 0 aliphatic heterocycles. The summed E-state index contributed by atoms with van der Waals surface area (Å²) in [4.78, 5) is 23.7. The van der Waals surface area contributed by atoms with Crippen LogP contribution in [0.5, 0.6) is 0 Å². The van der Waals surface area contributed by atoms with Gasteiger partial charge in [0.25, 0.3) is 5.91 Å². The summed E-state index contributed by atoms with van der Waals surface area (Å²) in [6.07, 6.45) is 4.30. The first-order chi connectivity index (χ1) is 13.1. The van der Waals surface area contributed by atoms with E-state index in [0.29, 0.717) is 12.1 Å². The lowest BCUT2D eigenvalue weighted by atomic mass is 10.2. The van der Waals surface area contributed by atoms with Crippen molar-refractivity contribution < 1.29 is 14.3 Å². The van der Waals surface area contributed by atoms with Crippen LogP contribution in [0.1, 0.15) is 12.0 Å². The zero-order chi connectivity index (χ0) is 19.1. The summed E-state index contributed by atoms with van der Waals surface area (Å²) in [6.45, 7) is -0.298. The molecule has 0 aliphatic rings. The van der Waals surface area contributed by atoms with E-state index in [4.69, 9.17) is 4.74 Å². The molecule has 27 heavy (non-hydrogen) atoms. The quantitative estimate of drug-likeness (QED) is 0.419. The number of ether oxygens (including phenoxy) is 1. The number of para-hydroxylation sites is 1. The number of nitrogens with one attached hydrogen (secondary N) is 1. The summed E-state index contributed by atoms with van der Waals surface area (Å²) in [5, 5.41) is 6.99. The van der Waals surface area contributed by atoms with Crippen LogP contribution in [-0.4, -0.2) is 28.3 Å². The number of hydrogen-bond acceptors (Lipinski definition) is 4. The molecule has 138 valence electrons. The van der Waals surface area contributed by atoms with Crippen LogP contribution < -0.4 is 5.32 Å². The second-order valence-corrected chi connectivity index (χ2v) is 7.09. The van der Waals surface area contributed by atoms with Gasteiger partial charge in [-0.1, -0.05) is 24.3 Å². The summed E-state index contributed by atoms with van der Waals surface area (Å²) in [5.74, 6) is -0.775. The molecule has 1 aromatic heterocycles. The monoisotopic (exact) mass is 475 g/mol. The van der Waals surface area contributed by atoms with Gasteiger partial charge in [0, 0.05) is 21.9 Å². The van der Waals surface area contributed by atoms with Crippen molar-refractivity contribution in [2.24, 2.45) is 0 Å². The number of carbonyl (C=O) groups excluding carboxylic acids is 2. The van der Waals surface area contributed by atoms with E-state index in [1.165, 1.54) is 0 Å². The number of carbonyl (C=O) groups is 2. The van der Waals surface area contributed by atoms with Gasteiger partial charge in [0.05, 0.1) is 11.9 Å². The van der Waals surface area contributed by atoms with Crippen molar-refractivity contribution in [1.29, 1.82) is 0 Å². The molecule has 1 N–H and O–H groups in total. The van der Waals surface area contributed by atoms with Gasteiger partial charge in [-0.3, -0.25) is 9.59 Å². The molecule has 0 atom stereocenters. The molecule has 0 fully saturated rings. The van der Waals surface area contributed by atoms with E-state index in [1.807, 2.05) is 54.7 Å². The largest absolute Gasteiger partial charge is 0.456 e. The van der Waals surface area contributed by atoms with E-state index in [0.717, 1.165) is 14.8 Å². The predicted octanol–water partition coefficient (Wildman–Crippen LogP) is 3.59. The number of benzene rings is 2. The van der Waals surface area contributed by atoms with Crippen LogP contribution in [0.2, 0.25) is 0 Å². The molecule has 0 radical (unpaired) electrons. The Morgan fingerprint density at radius 2 is 1.93 bits per heavy atom. The minimum Gasteiger partial charge on any atom is -0.456 e. The maximum absolute atomic E-state index is 11.9. The van der Waals surface area contributed by atoms with E-state index in [1.54, 1.807) is 16.9 Å². The number of amides is 1. The molecule has 1 amide bonds. The Balaban J connectivity index is 1.42. The maximum Gasteiger partial charge on any atom is 0.306 e. The maximum atomic E-state index is 11.9. The van der Waals surface area contributed by atoms with Gasteiger partial charge in [0.2, 0.25) is 0 Å². The lowest BCUT2D eigenvalue weighted by Crippen LogP contribution is -2.21. The molecular weight excluding hydrogens is 457 g/mol. The minimum absolute atomic E-state index is 0.191. The number of hydrogen-bond donors (Lipinski definition) is 1. The van der Waals surface area contributed by atoms with Gasteiger partial charge in [0.15, 0.2) is 6.61 Å². The number of anilines is 1. The van der Waals surface area contributed by atoms with E-state index in [2.05, 4.69) is 33.0 Å². The molecule has 2 aromatic carbocycles. The average Bonchev–Trinajstić information content (AvgIpc) is 3.14. The number of aryl methyl sites for hydroxylation is 1. The number of rotatable bonds is 7. The number of aromatic nitrogens is 2. The van der Waals surface area contributed by atoms with Gasteiger partial charge in [-0.15, -0.1) is 0 Å². The van der Waals surface area contributed by atoms with Gasteiger partial charge >= 0.3 is 5.97 Å². The van der Waals surface area contributed by atoms with Crippen molar-refractivity contribution >= 4 is 40.2 Å². The van der Waals surface area contributed by atoms with E-state index >= 15 is 0 Å². The smallest absolute Gasteiger partial charge is 0.306 e. The van der Waals surface area contributed by atoms with Crippen LogP contribution in [0, 0.1) is 3.57 Å². The molecule has 0 saturated heterocycles. The van der Waals surface area contributed by atoms with Crippen LogP contribution in [-0.2, 0) is 20.7 Å². The third-order valence-electron chi connectivity index (χ3n) is 3.75. The first-order valence-corrected chi connectivity index (χ1v) is 9.48. The number of esters is 1. The van der Waals surface area contributed by atoms with Crippen LogP contribution in [0.15, 0.2) is 67.0 Å². The lowest BCUT2D eigenvalue weighted by Gasteiger charge is -2.06. The van der Waals surface area contributed by atoms with E-state index < -0.39 is 5.97 Å². The van der Waals surface area contributed by atoms with E-state index in [-0.39, 0.29) is 18.9 Å². The summed E-state index contributed by atoms with van der Waals surface area (Å²) >= 11 is 2.16. The third-order valence-corrected chi connectivity index (χ3v) is 4.42. The highest BCUT2D eigenvalue weighted by Gasteiger charge is 2.09. The highest BCUT2D eigenvalue weighted by Crippen LogP contribution is 2.12. The van der Waals surface area contributed by atoms with Gasteiger partial charge in [-0.2, -0.15) is 5.10 Å². The Morgan fingerprint density at radius 3 is 2.70 bits per heavy atom. The summed E-state index contributed by atoms with van der Waals surface area (Å²) in [7, 11) is 0. The van der Waals surface area contributed by atoms with Crippen molar-refractivity contribution in [2.45, 2.75) is 12.8 Å². The topological polar surface area (TPSA) is 73.2 Å². The van der Waals surface area contributed by atoms with Gasteiger partial charge in [0.1, 0.15) is 0 Å². The molecule has 3 rings (SSSR count). The summed E-state index contributed by atoms with van der Waals surface area (Å²) in [5.41, 5.74) is 2.56. The highest BCUT2D eigenvalue weighted by molar-refractivity contribution is 14.1. The van der Waals surface area contributed by atoms with Crippen LogP contribution in [0.25, 0.3) is 5.69 Å². The lowest BCUT2D eigenvalue weighted by molar-refractivity contribution is -0.147. The SMILES string of the molecule is O=C(COC(=O)CCc1cnn(-c2ccccc2)c1)Nc1cccc(I)c1. The van der Waals surface area contributed by atoms with Gasteiger partial charge in [-0.25, -0.2) is 4.68 Å². The predicted molar refractivity (Wildman–Crippen MR) is 111 cm³/mol. The second-order valence-electron chi connectivity index (χ2n) is 5.85. The summed E-state index contributed by atoms with van der Waals surface area (Å²) in [6, 6.07) is 17.1. The van der Waals surface area contributed by atoms with Crippen molar-refractivity contribution in [3.63, 3.8) is 0 Å². The Labute approximate surface area is 170 Å². The average molecular weight is 475 g/mol. The zero-order valence-corrected chi connectivity index (χ0v) is 16.6. The fraction of sp³-hybridized carbons (Fsp3) is 0.150. The standard InChI is InChI=1S/C20H18IN3O3/c21-16-5-4-6-17(11-16)23-19(25)14-27-20(26)10-9-15-12-22-24(13-15)18-7-2-1-3-8-18/h1-8,11-13H,9-10,14H2,(H,23,25). The highest BCUT2D eigenvalue weighted by atomic mass is 127. The molecule has 0 bridgehead atoms. The molecule has 0 aliphatic carbocycles.